The maximum absolute atomic E-state index is 9.76. The van der Waals surface area contributed by atoms with E-state index in [0.717, 1.165) is 28.9 Å². The predicted molar refractivity (Wildman–Crippen MR) is 66.8 cm³/mol. The first kappa shape index (κ1) is 9.52. The molecule has 0 spiro atoms. The highest BCUT2D eigenvalue weighted by Gasteiger charge is 2.20. The smallest absolute Gasteiger partial charge is 0.123 e. The first-order valence-corrected chi connectivity index (χ1v) is 5.79. The number of hydrogen-bond donors (Lipinski definition) is 2. The molecule has 0 saturated heterocycles. The van der Waals surface area contributed by atoms with Crippen molar-refractivity contribution in [3.63, 3.8) is 0 Å². The number of hydrogen-bond acceptors (Lipinski definition) is 2. The van der Waals surface area contributed by atoms with Gasteiger partial charge in [-0.05, 0) is 30.9 Å². The maximum atomic E-state index is 9.76. The minimum atomic E-state index is 0.354. The number of nitrogens with one attached hydrogen (secondary N) is 1. The van der Waals surface area contributed by atoms with E-state index in [1.807, 2.05) is 24.3 Å². The van der Waals surface area contributed by atoms with Crippen LogP contribution in [0.25, 0.3) is 10.8 Å². The fourth-order valence-electron chi connectivity index (χ4n) is 2.02. The fraction of sp³-hybridized carbons (Fsp3) is 0.286. The largest absolute Gasteiger partial charge is 0.507 e. The van der Waals surface area contributed by atoms with Gasteiger partial charge in [-0.1, -0.05) is 24.3 Å². The van der Waals surface area contributed by atoms with Crippen molar-refractivity contribution in [2.24, 2.45) is 5.92 Å². The first-order valence-electron chi connectivity index (χ1n) is 5.79. The lowest BCUT2D eigenvalue weighted by atomic mass is 10.1. The lowest BCUT2D eigenvalue weighted by Crippen LogP contribution is -2.03. The Morgan fingerprint density at radius 1 is 1.06 bits per heavy atom. The van der Waals surface area contributed by atoms with E-state index in [1.54, 1.807) is 6.07 Å². The third kappa shape index (κ3) is 1.71. The Bertz CT molecular complexity index is 517. The second kappa shape index (κ2) is 3.71. The van der Waals surface area contributed by atoms with Gasteiger partial charge in [-0.15, -0.1) is 0 Å². The summed E-state index contributed by atoms with van der Waals surface area (Å²) in [6.07, 6.45) is 2.70. The Balaban J connectivity index is 1.99. The SMILES string of the molecule is Oc1cccc2c(NCC3CC3)cccc12. The van der Waals surface area contributed by atoms with Crippen LogP contribution < -0.4 is 5.32 Å². The van der Waals surface area contributed by atoms with Crippen molar-refractivity contribution in [2.45, 2.75) is 12.8 Å². The molecule has 0 aliphatic heterocycles. The molecule has 1 aliphatic carbocycles. The van der Waals surface area contributed by atoms with Crippen LogP contribution in [-0.4, -0.2) is 11.7 Å². The molecule has 2 nitrogen and oxygen atoms in total. The zero-order chi connectivity index (χ0) is 11.0. The summed E-state index contributed by atoms with van der Waals surface area (Å²) in [6.45, 7) is 1.05. The van der Waals surface area contributed by atoms with E-state index in [2.05, 4.69) is 11.4 Å². The number of fused-ring (bicyclic) bond motifs is 1. The van der Waals surface area contributed by atoms with Crippen LogP contribution in [0.15, 0.2) is 36.4 Å². The van der Waals surface area contributed by atoms with E-state index in [0.29, 0.717) is 5.75 Å². The van der Waals surface area contributed by atoms with E-state index >= 15 is 0 Å². The normalized spacial score (nSPS) is 15.2. The molecule has 2 aromatic carbocycles. The summed E-state index contributed by atoms with van der Waals surface area (Å²) in [6, 6.07) is 11.7. The van der Waals surface area contributed by atoms with Gasteiger partial charge in [-0.2, -0.15) is 0 Å². The van der Waals surface area contributed by atoms with Crippen LogP contribution in [0.1, 0.15) is 12.8 Å². The van der Waals surface area contributed by atoms with Gasteiger partial charge in [0.25, 0.3) is 0 Å². The van der Waals surface area contributed by atoms with Crippen molar-refractivity contribution >= 4 is 16.5 Å². The third-order valence-corrected chi connectivity index (χ3v) is 3.18. The molecule has 2 N–H and O–H groups in total. The summed E-state index contributed by atoms with van der Waals surface area (Å²) in [5, 5.41) is 15.2. The zero-order valence-electron chi connectivity index (χ0n) is 9.11. The summed E-state index contributed by atoms with van der Waals surface area (Å²) in [5.74, 6) is 1.21. The third-order valence-electron chi connectivity index (χ3n) is 3.18. The lowest BCUT2D eigenvalue weighted by Gasteiger charge is -2.09. The van der Waals surface area contributed by atoms with E-state index in [1.165, 1.54) is 12.8 Å². The molecule has 0 aromatic heterocycles. The number of aromatic hydroxyl groups is 1. The topological polar surface area (TPSA) is 32.3 Å². The fourth-order valence-corrected chi connectivity index (χ4v) is 2.02. The summed E-state index contributed by atoms with van der Waals surface area (Å²) >= 11 is 0. The molecule has 1 fully saturated rings. The van der Waals surface area contributed by atoms with Crippen molar-refractivity contribution in [2.75, 3.05) is 11.9 Å². The van der Waals surface area contributed by atoms with Gasteiger partial charge in [-0.25, -0.2) is 0 Å². The Hall–Kier alpha value is -1.70. The maximum Gasteiger partial charge on any atom is 0.123 e. The Labute approximate surface area is 94.9 Å². The number of anilines is 1. The van der Waals surface area contributed by atoms with Gasteiger partial charge in [0.15, 0.2) is 0 Å². The van der Waals surface area contributed by atoms with Gasteiger partial charge in [0.05, 0.1) is 0 Å². The predicted octanol–water partition coefficient (Wildman–Crippen LogP) is 3.37. The van der Waals surface area contributed by atoms with Crippen molar-refractivity contribution in [3.05, 3.63) is 36.4 Å². The molecule has 0 bridgehead atoms. The van der Waals surface area contributed by atoms with Crippen LogP contribution in [0.2, 0.25) is 0 Å². The summed E-state index contributed by atoms with van der Waals surface area (Å²) < 4.78 is 0. The minimum Gasteiger partial charge on any atom is -0.507 e. The van der Waals surface area contributed by atoms with Crippen LogP contribution in [0.3, 0.4) is 0 Å². The van der Waals surface area contributed by atoms with Gasteiger partial charge in [0, 0.05) is 23.0 Å². The van der Waals surface area contributed by atoms with Gasteiger partial charge >= 0.3 is 0 Å². The van der Waals surface area contributed by atoms with E-state index in [-0.39, 0.29) is 0 Å². The molecule has 2 heteroatoms. The van der Waals surface area contributed by atoms with Gasteiger partial charge in [-0.3, -0.25) is 0 Å². The van der Waals surface area contributed by atoms with Crippen LogP contribution in [0.5, 0.6) is 5.75 Å². The molecular weight excluding hydrogens is 198 g/mol. The molecule has 1 saturated carbocycles. The van der Waals surface area contributed by atoms with Gasteiger partial charge in [0.1, 0.15) is 5.75 Å². The summed E-state index contributed by atoms with van der Waals surface area (Å²) in [5.41, 5.74) is 1.13. The lowest BCUT2D eigenvalue weighted by molar-refractivity contribution is 0.481. The Kier molecular flexibility index (Phi) is 2.21. The van der Waals surface area contributed by atoms with Gasteiger partial charge in [0.2, 0.25) is 0 Å². The Morgan fingerprint density at radius 2 is 1.81 bits per heavy atom. The molecule has 2 aromatic rings. The highest BCUT2D eigenvalue weighted by atomic mass is 16.3. The number of phenols is 1. The first-order chi connectivity index (χ1) is 7.84. The number of rotatable bonds is 3. The molecule has 1 aliphatic rings. The van der Waals surface area contributed by atoms with Crippen LogP contribution in [0.4, 0.5) is 5.69 Å². The number of phenolic OH excluding ortho intramolecular Hbond substituents is 1. The molecule has 3 rings (SSSR count). The van der Waals surface area contributed by atoms with Gasteiger partial charge < -0.3 is 10.4 Å². The van der Waals surface area contributed by atoms with Crippen LogP contribution >= 0.6 is 0 Å². The van der Waals surface area contributed by atoms with E-state index in [9.17, 15) is 5.11 Å². The van der Waals surface area contributed by atoms with Crippen LogP contribution in [-0.2, 0) is 0 Å². The second-order valence-corrected chi connectivity index (χ2v) is 4.50. The van der Waals surface area contributed by atoms with E-state index < -0.39 is 0 Å². The highest BCUT2D eigenvalue weighted by molar-refractivity contribution is 5.97. The summed E-state index contributed by atoms with van der Waals surface area (Å²) in [4.78, 5) is 0. The van der Waals surface area contributed by atoms with Crippen LogP contribution in [0, 0.1) is 5.92 Å². The molecule has 82 valence electrons. The molecule has 0 atom stereocenters. The highest BCUT2D eigenvalue weighted by Crippen LogP contribution is 2.32. The summed E-state index contributed by atoms with van der Waals surface area (Å²) in [7, 11) is 0. The van der Waals surface area contributed by atoms with Crippen molar-refractivity contribution in [3.8, 4) is 5.75 Å². The quantitative estimate of drug-likeness (QED) is 0.819. The van der Waals surface area contributed by atoms with Crippen molar-refractivity contribution in [1.29, 1.82) is 0 Å². The molecule has 0 amide bonds. The number of benzene rings is 2. The van der Waals surface area contributed by atoms with Crippen molar-refractivity contribution in [1.82, 2.24) is 0 Å². The van der Waals surface area contributed by atoms with E-state index in [4.69, 9.17) is 0 Å². The average Bonchev–Trinajstić information content (AvgIpc) is 3.11. The molecule has 0 unspecified atom stereocenters. The molecule has 0 radical (unpaired) electrons. The second-order valence-electron chi connectivity index (χ2n) is 4.50. The standard InChI is InChI=1S/C14H15NO/c16-14-6-2-3-11-12(14)4-1-5-13(11)15-9-10-7-8-10/h1-6,10,15-16H,7-9H2. The van der Waals surface area contributed by atoms with Crippen molar-refractivity contribution < 1.29 is 5.11 Å². The molecule has 16 heavy (non-hydrogen) atoms. The molecular formula is C14H15NO. The monoisotopic (exact) mass is 213 g/mol. The zero-order valence-corrected chi connectivity index (χ0v) is 9.11. The minimum absolute atomic E-state index is 0.354. The Morgan fingerprint density at radius 3 is 2.62 bits per heavy atom. The molecule has 0 heterocycles. The average molecular weight is 213 g/mol.